The van der Waals surface area contributed by atoms with E-state index in [1.54, 1.807) is 25.2 Å². The van der Waals surface area contributed by atoms with E-state index in [4.69, 9.17) is 5.73 Å². The Morgan fingerprint density at radius 1 is 1.20 bits per heavy atom. The van der Waals surface area contributed by atoms with Gasteiger partial charge >= 0.3 is 5.97 Å². The lowest BCUT2D eigenvalue weighted by molar-refractivity contribution is -0.123. The van der Waals surface area contributed by atoms with E-state index in [9.17, 15) is 14.7 Å². The Kier molecular flexibility index (Phi) is 4.39. The molecule has 0 spiro atoms. The third-order valence-electron chi connectivity index (χ3n) is 3.95. The van der Waals surface area contributed by atoms with E-state index in [2.05, 4.69) is 0 Å². The molecule has 1 aromatic rings. The Labute approximate surface area is 118 Å². The molecule has 2 rings (SSSR count). The number of nitrogens with zero attached hydrogens (tertiary/aromatic N) is 1. The molecule has 20 heavy (non-hydrogen) atoms. The largest absolute Gasteiger partial charge is 0.478 e. The van der Waals surface area contributed by atoms with Crippen molar-refractivity contribution in [3.05, 3.63) is 29.8 Å². The second-order valence-electron chi connectivity index (χ2n) is 5.33. The van der Waals surface area contributed by atoms with Gasteiger partial charge in [0.1, 0.15) is 0 Å². The first kappa shape index (κ1) is 14.5. The maximum atomic E-state index is 12.5. The van der Waals surface area contributed by atoms with Crippen molar-refractivity contribution in [1.29, 1.82) is 0 Å². The molecule has 5 heteroatoms. The number of carboxylic acid groups (broad SMARTS) is 1. The molecule has 1 aliphatic carbocycles. The third kappa shape index (κ3) is 2.99. The van der Waals surface area contributed by atoms with Gasteiger partial charge in [0.15, 0.2) is 0 Å². The first-order chi connectivity index (χ1) is 9.50. The van der Waals surface area contributed by atoms with Gasteiger partial charge in [-0.1, -0.05) is 12.1 Å². The van der Waals surface area contributed by atoms with Crippen molar-refractivity contribution in [1.82, 2.24) is 0 Å². The molecule has 0 saturated heterocycles. The van der Waals surface area contributed by atoms with Crippen LogP contribution in [0.15, 0.2) is 24.3 Å². The van der Waals surface area contributed by atoms with Crippen LogP contribution in [0.2, 0.25) is 0 Å². The number of carboxylic acids is 1. The van der Waals surface area contributed by atoms with Crippen LogP contribution in [0, 0.1) is 5.92 Å². The summed E-state index contributed by atoms with van der Waals surface area (Å²) in [5.41, 5.74) is 6.44. The number of anilines is 1. The highest BCUT2D eigenvalue weighted by Crippen LogP contribution is 2.28. The summed E-state index contributed by atoms with van der Waals surface area (Å²) in [4.78, 5) is 25.1. The maximum Gasteiger partial charge on any atom is 0.337 e. The Bertz CT molecular complexity index is 508. The Morgan fingerprint density at radius 2 is 1.80 bits per heavy atom. The van der Waals surface area contributed by atoms with Crippen molar-refractivity contribution in [2.75, 3.05) is 11.9 Å². The van der Waals surface area contributed by atoms with Crippen LogP contribution in [0.4, 0.5) is 5.69 Å². The zero-order chi connectivity index (χ0) is 14.7. The second kappa shape index (κ2) is 6.05. The van der Waals surface area contributed by atoms with Crippen LogP contribution in [0.3, 0.4) is 0 Å². The van der Waals surface area contributed by atoms with E-state index in [1.165, 1.54) is 11.0 Å². The van der Waals surface area contributed by atoms with Gasteiger partial charge in [-0.05, 0) is 37.8 Å². The summed E-state index contributed by atoms with van der Waals surface area (Å²) in [5.74, 6) is -1.10. The van der Waals surface area contributed by atoms with E-state index >= 15 is 0 Å². The molecular weight excluding hydrogens is 256 g/mol. The maximum absolute atomic E-state index is 12.5. The van der Waals surface area contributed by atoms with E-state index < -0.39 is 5.97 Å². The van der Waals surface area contributed by atoms with Gasteiger partial charge in [-0.2, -0.15) is 0 Å². The number of aromatic carboxylic acids is 1. The molecule has 1 saturated carbocycles. The van der Waals surface area contributed by atoms with Gasteiger partial charge in [0.2, 0.25) is 5.91 Å². The first-order valence-electron chi connectivity index (χ1n) is 6.86. The van der Waals surface area contributed by atoms with Gasteiger partial charge in [0.05, 0.1) is 11.3 Å². The smallest absolute Gasteiger partial charge is 0.337 e. The minimum absolute atomic E-state index is 0.0226. The number of rotatable bonds is 3. The van der Waals surface area contributed by atoms with Gasteiger partial charge in [0.25, 0.3) is 0 Å². The molecule has 0 bridgehead atoms. The number of para-hydroxylation sites is 1. The highest BCUT2D eigenvalue weighted by Gasteiger charge is 2.28. The molecule has 0 atom stereocenters. The van der Waals surface area contributed by atoms with Gasteiger partial charge in [-0.15, -0.1) is 0 Å². The second-order valence-corrected chi connectivity index (χ2v) is 5.33. The van der Waals surface area contributed by atoms with Crippen LogP contribution in [0.1, 0.15) is 36.0 Å². The van der Waals surface area contributed by atoms with Gasteiger partial charge < -0.3 is 15.7 Å². The molecule has 0 aromatic heterocycles. The quantitative estimate of drug-likeness (QED) is 0.882. The summed E-state index contributed by atoms with van der Waals surface area (Å²) < 4.78 is 0. The molecular formula is C15H20N2O3. The van der Waals surface area contributed by atoms with Crippen LogP contribution in [-0.2, 0) is 4.79 Å². The normalized spacial score (nSPS) is 22.3. The first-order valence-corrected chi connectivity index (χ1v) is 6.86. The molecule has 0 heterocycles. The molecule has 108 valence electrons. The zero-order valence-corrected chi connectivity index (χ0v) is 11.6. The minimum Gasteiger partial charge on any atom is -0.478 e. The fourth-order valence-electron chi connectivity index (χ4n) is 2.71. The van der Waals surface area contributed by atoms with Crippen molar-refractivity contribution in [2.45, 2.75) is 31.7 Å². The predicted octanol–water partition coefficient (Wildman–Crippen LogP) is 1.87. The van der Waals surface area contributed by atoms with Crippen molar-refractivity contribution in [3.8, 4) is 0 Å². The molecule has 1 amide bonds. The highest BCUT2D eigenvalue weighted by atomic mass is 16.4. The zero-order valence-electron chi connectivity index (χ0n) is 11.6. The lowest BCUT2D eigenvalue weighted by atomic mass is 9.85. The molecule has 1 aliphatic rings. The number of hydrogen-bond acceptors (Lipinski definition) is 3. The van der Waals surface area contributed by atoms with Crippen molar-refractivity contribution in [2.24, 2.45) is 11.7 Å². The molecule has 0 aliphatic heterocycles. The van der Waals surface area contributed by atoms with Crippen LogP contribution in [0.25, 0.3) is 0 Å². The lowest BCUT2D eigenvalue weighted by Gasteiger charge is -2.29. The summed E-state index contributed by atoms with van der Waals surface area (Å²) >= 11 is 0. The molecule has 0 radical (unpaired) electrons. The van der Waals surface area contributed by atoms with E-state index in [0.717, 1.165) is 25.7 Å². The standard InChI is InChI=1S/C15H20N2O3/c1-17(13-5-3-2-4-12(13)15(19)20)14(18)10-6-8-11(16)9-7-10/h2-5,10-11H,6-9,16H2,1H3,(H,19,20). The van der Waals surface area contributed by atoms with Crippen LogP contribution in [0.5, 0.6) is 0 Å². The third-order valence-corrected chi connectivity index (χ3v) is 3.95. The Hall–Kier alpha value is -1.88. The lowest BCUT2D eigenvalue weighted by Crippen LogP contribution is -2.38. The number of benzene rings is 1. The van der Waals surface area contributed by atoms with E-state index in [-0.39, 0.29) is 23.4 Å². The fraction of sp³-hybridized carbons (Fsp3) is 0.467. The van der Waals surface area contributed by atoms with Crippen LogP contribution in [-0.4, -0.2) is 30.1 Å². The van der Waals surface area contributed by atoms with Crippen LogP contribution < -0.4 is 10.6 Å². The SMILES string of the molecule is CN(C(=O)C1CCC(N)CC1)c1ccccc1C(=O)O. The van der Waals surface area contributed by atoms with Gasteiger partial charge in [0, 0.05) is 19.0 Å². The summed E-state index contributed by atoms with van der Waals surface area (Å²) in [6, 6.07) is 6.76. The number of hydrogen-bond donors (Lipinski definition) is 2. The van der Waals surface area contributed by atoms with Gasteiger partial charge in [-0.25, -0.2) is 4.79 Å². The number of nitrogens with two attached hydrogens (primary N) is 1. The van der Waals surface area contributed by atoms with Crippen molar-refractivity contribution >= 4 is 17.6 Å². The molecule has 3 N–H and O–H groups in total. The fourth-order valence-corrected chi connectivity index (χ4v) is 2.71. The Balaban J connectivity index is 2.17. The minimum atomic E-state index is -1.02. The van der Waals surface area contributed by atoms with Crippen molar-refractivity contribution < 1.29 is 14.7 Å². The number of amides is 1. The van der Waals surface area contributed by atoms with Crippen LogP contribution >= 0.6 is 0 Å². The predicted molar refractivity (Wildman–Crippen MR) is 76.7 cm³/mol. The topological polar surface area (TPSA) is 83.6 Å². The van der Waals surface area contributed by atoms with E-state index in [1.807, 2.05) is 0 Å². The monoisotopic (exact) mass is 276 g/mol. The summed E-state index contributed by atoms with van der Waals surface area (Å²) in [6.07, 6.45) is 3.26. The van der Waals surface area contributed by atoms with E-state index in [0.29, 0.717) is 5.69 Å². The summed E-state index contributed by atoms with van der Waals surface area (Å²) in [6.45, 7) is 0. The molecule has 5 nitrogen and oxygen atoms in total. The summed E-state index contributed by atoms with van der Waals surface area (Å²) in [7, 11) is 1.64. The molecule has 1 fully saturated rings. The molecule has 0 unspecified atom stereocenters. The van der Waals surface area contributed by atoms with Gasteiger partial charge in [-0.3, -0.25) is 4.79 Å². The average molecular weight is 276 g/mol. The Morgan fingerprint density at radius 3 is 2.40 bits per heavy atom. The molecule has 1 aromatic carbocycles. The van der Waals surface area contributed by atoms with Crippen molar-refractivity contribution in [3.63, 3.8) is 0 Å². The number of carbonyl (C=O) groups excluding carboxylic acids is 1. The average Bonchev–Trinajstić information content (AvgIpc) is 2.46. The highest BCUT2D eigenvalue weighted by molar-refractivity contribution is 6.02. The summed E-state index contributed by atoms with van der Waals surface area (Å²) in [5, 5.41) is 9.19. The number of carbonyl (C=O) groups is 2.